The van der Waals surface area contributed by atoms with E-state index in [0.29, 0.717) is 5.41 Å². The Kier molecular flexibility index (Phi) is 9.64. The largest absolute Gasteiger partial charge is 0.316 e. The smallest absolute Gasteiger partial charge is 0.000781 e. The Labute approximate surface area is 134 Å². The van der Waals surface area contributed by atoms with E-state index in [1.165, 1.54) is 83.7 Å². The average molecular weight is 296 g/mol. The van der Waals surface area contributed by atoms with Gasteiger partial charge < -0.3 is 5.32 Å². The number of hydrogen-bond acceptors (Lipinski definition) is 1. The van der Waals surface area contributed by atoms with Gasteiger partial charge in [0, 0.05) is 6.54 Å². The molecule has 0 aromatic carbocycles. The molecule has 1 aliphatic carbocycles. The molecule has 1 rings (SSSR count). The van der Waals surface area contributed by atoms with E-state index in [1.807, 2.05) is 0 Å². The van der Waals surface area contributed by atoms with Crippen LogP contribution >= 0.6 is 0 Å². The van der Waals surface area contributed by atoms with Crippen LogP contribution in [0.4, 0.5) is 0 Å². The molecule has 0 bridgehead atoms. The second-order valence-corrected chi connectivity index (χ2v) is 8.05. The molecule has 1 nitrogen and oxygen atoms in total. The van der Waals surface area contributed by atoms with Crippen molar-refractivity contribution in [3.63, 3.8) is 0 Å². The minimum absolute atomic E-state index is 0.632. The van der Waals surface area contributed by atoms with Gasteiger partial charge in [0.25, 0.3) is 0 Å². The normalized spacial score (nSPS) is 26.4. The third-order valence-corrected chi connectivity index (χ3v) is 5.55. The molecular weight excluding hydrogens is 254 g/mol. The summed E-state index contributed by atoms with van der Waals surface area (Å²) >= 11 is 0. The van der Waals surface area contributed by atoms with E-state index >= 15 is 0 Å². The van der Waals surface area contributed by atoms with Crippen LogP contribution in [-0.2, 0) is 0 Å². The zero-order chi connectivity index (χ0) is 15.6. The van der Waals surface area contributed by atoms with Crippen LogP contribution in [0.5, 0.6) is 0 Å². The molecule has 1 fully saturated rings. The SMILES string of the molecule is CCCCC1CCC(CCCC(C)C)(CNCCC)CC1. The fourth-order valence-corrected chi connectivity index (χ4v) is 4.00. The van der Waals surface area contributed by atoms with Gasteiger partial charge in [-0.05, 0) is 62.3 Å². The summed E-state index contributed by atoms with van der Waals surface area (Å²) in [5.41, 5.74) is 0.632. The predicted molar refractivity (Wildman–Crippen MR) is 95.8 cm³/mol. The van der Waals surface area contributed by atoms with Crippen molar-refractivity contribution in [2.24, 2.45) is 17.3 Å². The number of rotatable bonds is 11. The molecule has 1 heteroatoms. The van der Waals surface area contributed by atoms with Crippen molar-refractivity contribution in [3.8, 4) is 0 Å². The topological polar surface area (TPSA) is 12.0 Å². The van der Waals surface area contributed by atoms with Gasteiger partial charge in [0.05, 0.1) is 0 Å². The van der Waals surface area contributed by atoms with Crippen molar-refractivity contribution in [3.05, 3.63) is 0 Å². The zero-order valence-electron chi connectivity index (χ0n) is 15.3. The average Bonchev–Trinajstić information content (AvgIpc) is 2.47. The van der Waals surface area contributed by atoms with Gasteiger partial charge in [-0.3, -0.25) is 0 Å². The predicted octanol–water partition coefficient (Wildman–Crippen LogP) is 6.18. The summed E-state index contributed by atoms with van der Waals surface area (Å²) in [5.74, 6) is 1.90. The quantitative estimate of drug-likeness (QED) is 0.449. The molecule has 0 unspecified atom stereocenters. The van der Waals surface area contributed by atoms with E-state index in [1.54, 1.807) is 0 Å². The van der Waals surface area contributed by atoms with Gasteiger partial charge in [0.2, 0.25) is 0 Å². The summed E-state index contributed by atoms with van der Waals surface area (Å²) in [6.07, 6.45) is 15.8. The molecule has 0 heterocycles. The maximum Gasteiger partial charge on any atom is 0.000781 e. The first kappa shape index (κ1) is 19.0. The molecule has 0 radical (unpaired) electrons. The van der Waals surface area contributed by atoms with Crippen LogP contribution in [-0.4, -0.2) is 13.1 Å². The third kappa shape index (κ3) is 7.68. The molecule has 126 valence electrons. The van der Waals surface area contributed by atoms with Gasteiger partial charge in [-0.25, -0.2) is 0 Å². The third-order valence-electron chi connectivity index (χ3n) is 5.55. The first-order chi connectivity index (χ1) is 10.1. The van der Waals surface area contributed by atoms with Crippen molar-refractivity contribution in [2.75, 3.05) is 13.1 Å². The minimum atomic E-state index is 0.632. The number of unbranched alkanes of at least 4 members (excludes halogenated alkanes) is 1. The minimum Gasteiger partial charge on any atom is -0.316 e. The van der Waals surface area contributed by atoms with Crippen LogP contribution in [0, 0.1) is 17.3 Å². The molecule has 0 atom stereocenters. The Hall–Kier alpha value is -0.0400. The lowest BCUT2D eigenvalue weighted by atomic mass is 9.67. The molecular formula is C20H41N. The van der Waals surface area contributed by atoms with Crippen molar-refractivity contribution >= 4 is 0 Å². The van der Waals surface area contributed by atoms with Gasteiger partial charge in [0.1, 0.15) is 0 Å². The van der Waals surface area contributed by atoms with Gasteiger partial charge in [-0.15, -0.1) is 0 Å². The van der Waals surface area contributed by atoms with Crippen LogP contribution in [0.15, 0.2) is 0 Å². The van der Waals surface area contributed by atoms with Crippen LogP contribution in [0.2, 0.25) is 0 Å². The van der Waals surface area contributed by atoms with Crippen molar-refractivity contribution in [1.29, 1.82) is 0 Å². The van der Waals surface area contributed by atoms with Gasteiger partial charge in [-0.1, -0.05) is 59.8 Å². The maximum absolute atomic E-state index is 3.74. The van der Waals surface area contributed by atoms with Gasteiger partial charge >= 0.3 is 0 Å². The maximum atomic E-state index is 3.74. The Balaban J connectivity index is 2.42. The highest BCUT2D eigenvalue weighted by molar-refractivity contribution is 4.87. The van der Waals surface area contributed by atoms with Crippen molar-refractivity contribution in [2.45, 2.75) is 98.3 Å². The first-order valence-electron chi connectivity index (χ1n) is 9.82. The Morgan fingerprint density at radius 2 is 1.76 bits per heavy atom. The molecule has 0 spiro atoms. The highest BCUT2D eigenvalue weighted by Gasteiger charge is 2.34. The van der Waals surface area contributed by atoms with E-state index < -0.39 is 0 Å². The highest BCUT2D eigenvalue weighted by atomic mass is 14.9. The Morgan fingerprint density at radius 1 is 1.05 bits per heavy atom. The van der Waals surface area contributed by atoms with E-state index in [4.69, 9.17) is 0 Å². The summed E-state index contributed by atoms with van der Waals surface area (Å²) in [7, 11) is 0. The summed E-state index contributed by atoms with van der Waals surface area (Å²) < 4.78 is 0. The second-order valence-electron chi connectivity index (χ2n) is 8.05. The molecule has 1 N–H and O–H groups in total. The van der Waals surface area contributed by atoms with Crippen LogP contribution < -0.4 is 5.32 Å². The van der Waals surface area contributed by atoms with E-state index in [0.717, 1.165) is 11.8 Å². The van der Waals surface area contributed by atoms with E-state index in [9.17, 15) is 0 Å². The molecule has 0 saturated heterocycles. The van der Waals surface area contributed by atoms with Crippen LogP contribution in [0.25, 0.3) is 0 Å². The Morgan fingerprint density at radius 3 is 2.33 bits per heavy atom. The van der Waals surface area contributed by atoms with Crippen LogP contribution in [0.1, 0.15) is 98.3 Å². The Bertz CT molecular complexity index is 238. The zero-order valence-corrected chi connectivity index (χ0v) is 15.3. The standard InChI is InChI=1S/C20H41N/c1-5-7-10-19-11-14-20(15-12-19,17-21-16-6-2)13-8-9-18(3)4/h18-19,21H,5-17H2,1-4H3. The lowest BCUT2D eigenvalue weighted by molar-refractivity contribution is 0.123. The number of nitrogens with one attached hydrogen (secondary N) is 1. The monoisotopic (exact) mass is 295 g/mol. The molecule has 21 heavy (non-hydrogen) atoms. The molecule has 0 aromatic rings. The molecule has 1 aliphatic rings. The number of hydrogen-bond donors (Lipinski definition) is 1. The fourth-order valence-electron chi connectivity index (χ4n) is 4.00. The van der Waals surface area contributed by atoms with Gasteiger partial charge in [-0.2, -0.15) is 0 Å². The molecule has 0 aromatic heterocycles. The fraction of sp³-hybridized carbons (Fsp3) is 1.00. The van der Waals surface area contributed by atoms with Crippen LogP contribution in [0.3, 0.4) is 0 Å². The molecule has 0 amide bonds. The van der Waals surface area contributed by atoms with E-state index in [-0.39, 0.29) is 0 Å². The van der Waals surface area contributed by atoms with Crippen molar-refractivity contribution in [1.82, 2.24) is 5.32 Å². The summed E-state index contributed by atoms with van der Waals surface area (Å²) in [4.78, 5) is 0. The highest BCUT2D eigenvalue weighted by Crippen LogP contribution is 2.43. The van der Waals surface area contributed by atoms with Gasteiger partial charge in [0.15, 0.2) is 0 Å². The second kappa shape index (κ2) is 10.6. The van der Waals surface area contributed by atoms with Crippen molar-refractivity contribution < 1.29 is 0 Å². The summed E-state index contributed by atoms with van der Waals surface area (Å²) in [6.45, 7) is 11.8. The summed E-state index contributed by atoms with van der Waals surface area (Å²) in [5, 5.41) is 3.74. The first-order valence-corrected chi connectivity index (χ1v) is 9.82. The summed E-state index contributed by atoms with van der Waals surface area (Å²) in [6, 6.07) is 0. The molecule has 1 saturated carbocycles. The lowest BCUT2D eigenvalue weighted by Crippen LogP contribution is -2.38. The molecule has 0 aliphatic heterocycles. The lowest BCUT2D eigenvalue weighted by Gasteiger charge is -2.41. The van der Waals surface area contributed by atoms with E-state index in [2.05, 4.69) is 33.0 Å².